The number of nitrogens with zero attached hydrogens (tertiary/aromatic N) is 2. The number of rotatable bonds is 0. The lowest BCUT2D eigenvalue weighted by atomic mass is 10.1. The Morgan fingerprint density at radius 1 is 1.30 bits per heavy atom. The first-order valence-corrected chi connectivity index (χ1v) is 4.02. The molecule has 1 saturated carbocycles. The van der Waals surface area contributed by atoms with Crippen molar-refractivity contribution in [2.24, 2.45) is 4.99 Å². The molecule has 0 amide bonds. The molecule has 1 spiro atoms. The molecule has 1 aliphatic heterocycles. The predicted molar refractivity (Wildman–Crippen MR) is 42.3 cm³/mol. The average Bonchev–Trinajstić information content (AvgIpc) is 2.32. The van der Waals surface area contributed by atoms with E-state index in [2.05, 4.69) is 24.0 Å². The Balaban J connectivity index is 2.01. The Labute approximate surface area is 61.9 Å². The van der Waals surface area contributed by atoms with E-state index in [0.717, 1.165) is 0 Å². The quantitative estimate of drug-likeness (QED) is 0.492. The lowest BCUT2D eigenvalue weighted by Crippen LogP contribution is -2.25. The largest absolute Gasteiger partial charge is 0.364 e. The van der Waals surface area contributed by atoms with Crippen LogP contribution in [0.25, 0.3) is 0 Å². The zero-order valence-corrected chi connectivity index (χ0v) is 6.72. The van der Waals surface area contributed by atoms with Crippen molar-refractivity contribution in [3.63, 3.8) is 0 Å². The molecule has 1 heterocycles. The van der Waals surface area contributed by atoms with Crippen LogP contribution >= 0.6 is 0 Å². The topological polar surface area (TPSA) is 15.6 Å². The van der Waals surface area contributed by atoms with Crippen molar-refractivity contribution in [3.05, 3.63) is 0 Å². The van der Waals surface area contributed by atoms with Crippen molar-refractivity contribution < 1.29 is 0 Å². The van der Waals surface area contributed by atoms with Crippen LogP contribution in [0.15, 0.2) is 4.99 Å². The second-order valence-corrected chi connectivity index (χ2v) is 3.57. The summed E-state index contributed by atoms with van der Waals surface area (Å²) in [6.07, 6.45) is 5.36. The maximum Gasteiger partial charge on any atom is 0.128 e. The molecule has 0 saturated heterocycles. The second kappa shape index (κ2) is 1.74. The van der Waals surface area contributed by atoms with Crippen molar-refractivity contribution in [1.82, 2.24) is 4.90 Å². The molecule has 0 aromatic carbocycles. The minimum Gasteiger partial charge on any atom is -0.364 e. The molecule has 2 rings (SSSR count). The van der Waals surface area contributed by atoms with Gasteiger partial charge in [-0.1, -0.05) is 12.8 Å². The fourth-order valence-electron chi connectivity index (χ4n) is 1.99. The van der Waals surface area contributed by atoms with Crippen LogP contribution in [0.3, 0.4) is 0 Å². The van der Waals surface area contributed by atoms with Gasteiger partial charge in [0, 0.05) is 14.1 Å². The lowest BCUT2D eigenvalue weighted by molar-refractivity contribution is 0.586. The van der Waals surface area contributed by atoms with Crippen LogP contribution in [0.4, 0.5) is 0 Å². The van der Waals surface area contributed by atoms with Crippen LogP contribution in [0.2, 0.25) is 0 Å². The first-order chi connectivity index (χ1) is 4.75. The van der Waals surface area contributed by atoms with Gasteiger partial charge in [-0.25, -0.2) is 0 Å². The summed E-state index contributed by atoms with van der Waals surface area (Å²) in [5, 5.41) is 0. The van der Waals surface area contributed by atoms with Crippen molar-refractivity contribution in [2.45, 2.75) is 31.2 Å². The van der Waals surface area contributed by atoms with Crippen LogP contribution in [0, 0.1) is 0 Å². The SMILES string of the molecule is CN(C)C1=NC12CCCC2. The smallest absolute Gasteiger partial charge is 0.128 e. The van der Waals surface area contributed by atoms with Gasteiger partial charge in [-0.05, 0) is 12.8 Å². The minimum atomic E-state index is 0.351. The molecule has 0 aromatic rings. The third-order valence-corrected chi connectivity index (χ3v) is 2.54. The summed E-state index contributed by atoms with van der Waals surface area (Å²) in [5.74, 6) is 1.34. The normalized spacial score (nSPS) is 26.8. The molecule has 1 aliphatic carbocycles. The Morgan fingerprint density at radius 3 is 2.30 bits per heavy atom. The summed E-state index contributed by atoms with van der Waals surface area (Å²) in [6, 6.07) is 0. The highest BCUT2D eigenvalue weighted by Gasteiger charge is 2.50. The Morgan fingerprint density at radius 2 is 1.90 bits per heavy atom. The molecular formula is C8H14N2. The van der Waals surface area contributed by atoms with E-state index in [1.165, 1.54) is 31.5 Å². The second-order valence-electron chi connectivity index (χ2n) is 3.57. The Bertz CT molecular complexity index is 176. The number of hydrogen-bond acceptors (Lipinski definition) is 2. The van der Waals surface area contributed by atoms with E-state index in [1.807, 2.05) is 0 Å². The summed E-state index contributed by atoms with van der Waals surface area (Å²) in [5.41, 5.74) is 0.351. The molecule has 0 radical (unpaired) electrons. The molecular weight excluding hydrogens is 124 g/mol. The molecule has 0 N–H and O–H groups in total. The molecule has 1 fully saturated rings. The van der Waals surface area contributed by atoms with Crippen molar-refractivity contribution in [3.8, 4) is 0 Å². The summed E-state index contributed by atoms with van der Waals surface area (Å²) in [4.78, 5) is 6.69. The minimum absolute atomic E-state index is 0.351. The maximum absolute atomic E-state index is 4.53. The number of likely N-dealkylation sites (N-methyl/N-ethyl adjacent to an activating group) is 1. The third-order valence-electron chi connectivity index (χ3n) is 2.54. The molecule has 2 aliphatic rings. The zero-order chi connectivity index (χ0) is 7.19. The summed E-state index contributed by atoms with van der Waals surface area (Å²) >= 11 is 0. The first-order valence-electron chi connectivity index (χ1n) is 4.02. The average molecular weight is 138 g/mol. The van der Waals surface area contributed by atoms with E-state index >= 15 is 0 Å². The third kappa shape index (κ3) is 0.678. The van der Waals surface area contributed by atoms with Crippen LogP contribution in [-0.2, 0) is 0 Å². The summed E-state index contributed by atoms with van der Waals surface area (Å²) in [7, 11) is 4.18. The maximum atomic E-state index is 4.53. The highest BCUT2D eigenvalue weighted by atomic mass is 15.3. The molecule has 10 heavy (non-hydrogen) atoms. The van der Waals surface area contributed by atoms with E-state index < -0.39 is 0 Å². The Hall–Kier alpha value is -0.530. The van der Waals surface area contributed by atoms with Gasteiger partial charge in [0.15, 0.2) is 0 Å². The fraction of sp³-hybridized carbons (Fsp3) is 0.875. The van der Waals surface area contributed by atoms with Crippen LogP contribution in [0.5, 0.6) is 0 Å². The van der Waals surface area contributed by atoms with Gasteiger partial charge < -0.3 is 4.90 Å². The van der Waals surface area contributed by atoms with Gasteiger partial charge in [0.2, 0.25) is 0 Å². The van der Waals surface area contributed by atoms with Gasteiger partial charge in [-0.2, -0.15) is 0 Å². The van der Waals surface area contributed by atoms with Gasteiger partial charge in [-0.3, -0.25) is 4.99 Å². The number of amidine groups is 1. The molecule has 0 atom stereocenters. The van der Waals surface area contributed by atoms with Crippen LogP contribution in [-0.4, -0.2) is 30.4 Å². The molecule has 2 nitrogen and oxygen atoms in total. The molecule has 56 valence electrons. The first kappa shape index (κ1) is 6.20. The number of aliphatic imine (C=N–C) groups is 1. The predicted octanol–water partition coefficient (Wildman–Crippen LogP) is 1.27. The molecule has 0 unspecified atom stereocenters. The van der Waals surface area contributed by atoms with Crippen molar-refractivity contribution in [2.75, 3.05) is 14.1 Å². The van der Waals surface area contributed by atoms with Crippen LogP contribution < -0.4 is 0 Å². The van der Waals surface area contributed by atoms with Crippen molar-refractivity contribution >= 4 is 5.84 Å². The van der Waals surface area contributed by atoms with Gasteiger partial charge in [0.1, 0.15) is 11.4 Å². The van der Waals surface area contributed by atoms with E-state index in [1.54, 1.807) is 0 Å². The van der Waals surface area contributed by atoms with E-state index in [4.69, 9.17) is 0 Å². The highest BCUT2D eigenvalue weighted by molar-refractivity contribution is 6.03. The number of hydrogen-bond donors (Lipinski definition) is 0. The van der Waals surface area contributed by atoms with E-state index in [-0.39, 0.29) is 0 Å². The van der Waals surface area contributed by atoms with E-state index in [9.17, 15) is 0 Å². The molecule has 2 heteroatoms. The molecule has 0 bridgehead atoms. The van der Waals surface area contributed by atoms with E-state index in [0.29, 0.717) is 5.54 Å². The summed E-state index contributed by atoms with van der Waals surface area (Å²) < 4.78 is 0. The van der Waals surface area contributed by atoms with Gasteiger partial charge in [0.25, 0.3) is 0 Å². The van der Waals surface area contributed by atoms with Crippen LogP contribution in [0.1, 0.15) is 25.7 Å². The van der Waals surface area contributed by atoms with Gasteiger partial charge in [-0.15, -0.1) is 0 Å². The summed E-state index contributed by atoms with van der Waals surface area (Å²) in [6.45, 7) is 0. The Kier molecular flexibility index (Phi) is 1.08. The van der Waals surface area contributed by atoms with Crippen molar-refractivity contribution in [1.29, 1.82) is 0 Å². The van der Waals surface area contributed by atoms with Gasteiger partial charge in [0.05, 0.1) is 0 Å². The van der Waals surface area contributed by atoms with Gasteiger partial charge >= 0.3 is 0 Å². The zero-order valence-electron chi connectivity index (χ0n) is 6.72. The fourth-order valence-corrected chi connectivity index (χ4v) is 1.99. The molecule has 0 aromatic heterocycles. The highest BCUT2D eigenvalue weighted by Crippen LogP contribution is 2.44. The monoisotopic (exact) mass is 138 g/mol. The standard InChI is InChI=1S/C8H14N2/c1-10(2)7-8(9-7)5-3-4-6-8/h3-6H2,1-2H3. The lowest BCUT2D eigenvalue weighted by Gasteiger charge is -2.10.